The second-order valence-electron chi connectivity index (χ2n) is 7.67. The predicted octanol–water partition coefficient (Wildman–Crippen LogP) is 3.75. The molecule has 0 aliphatic carbocycles. The van der Waals surface area contributed by atoms with Crippen LogP contribution in [-0.2, 0) is 27.3 Å². The zero-order valence-corrected chi connectivity index (χ0v) is 17.6. The summed E-state index contributed by atoms with van der Waals surface area (Å²) >= 11 is 0. The van der Waals surface area contributed by atoms with Crippen LogP contribution in [0.3, 0.4) is 0 Å². The van der Waals surface area contributed by atoms with Gasteiger partial charge in [0.05, 0.1) is 18.7 Å². The van der Waals surface area contributed by atoms with Gasteiger partial charge in [-0.15, -0.1) is 0 Å². The van der Waals surface area contributed by atoms with Crippen LogP contribution in [0.4, 0.5) is 4.79 Å². The Morgan fingerprint density at radius 1 is 1.03 bits per heavy atom. The largest absolute Gasteiger partial charge is 0.489 e. The molecule has 158 valence electrons. The SMILES string of the molecule is COC(=O)C(Cc1ccc(OCc2ccc(C#N)cc2)cc1)NC(=O)OC(C)(C)C. The molecule has 0 aromatic heterocycles. The maximum absolute atomic E-state index is 12.1. The molecule has 0 heterocycles. The molecule has 2 aromatic rings. The molecule has 1 amide bonds. The number of amides is 1. The van der Waals surface area contributed by atoms with Crippen molar-refractivity contribution in [2.45, 2.75) is 45.4 Å². The number of rotatable bonds is 7. The van der Waals surface area contributed by atoms with E-state index in [2.05, 4.69) is 11.4 Å². The van der Waals surface area contributed by atoms with Crippen LogP contribution in [0.2, 0.25) is 0 Å². The van der Waals surface area contributed by atoms with Gasteiger partial charge in [-0.1, -0.05) is 24.3 Å². The molecular weight excluding hydrogens is 384 g/mol. The van der Waals surface area contributed by atoms with Gasteiger partial charge in [0.2, 0.25) is 0 Å². The van der Waals surface area contributed by atoms with E-state index >= 15 is 0 Å². The zero-order valence-electron chi connectivity index (χ0n) is 17.6. The lowest BCUT2D eigenvalue weighted by molar-refractivity contribution is -0.143. The second kappa shape index (κ2) is 10.3. The minimum Gasteiger partial charge on any atom is -0.489 e. The number of benzene rings is 2. The normalized spacial score (nSPS) is 11.7. The Morgan fingerprint density at radius 3 is 2.17 bits per heavy atom. The lowest BCUT2D eigenvalue weighted by atomic mass is 10.1. The number of nitrogens with zero attached hydrogens (tertiary/aromatic N) is 1. The Balaban J connectivity index is 1.96. The fourth-order valence-corrected chi connectivity index (χ4v) is 2.59. The first kappa shape index (κ1) is 22.8. The number of hydrogen-bond acceptors (Lipinski definition) is 6. The van der Waals surface area contributed by atoms with E-state index in [0.717, 1.165) is 11.1 Å². The fraction of sp³-hybridized carbons (Fsp3) is 0.348. The molecule has 0 spiro atoms. The predicted molar refractivity (Wildman–Crippen MR) is 111 cm³/mol. The lowest BCUT2D eigenvalue weighted by Crippen LogP contribution is -2.45. The summed E-state index contributed by atoms with van der Waals surface area (Å²) in [6.07, 6.45) is -0.429. The number of ether oxygens (including phenoxy) is 3. The van der Waals surface area contributed by atoms with Crippen LogP contribution in [0.25, 0.3) is 0 Å². The first-order chi connectivity index (χ1) is 14.2. The minimum absolute atomic E-state index is 0.252. The number of esters is 1. The minimum atomic E-state index is -0.865. The van der Waals surface area contributed by atoms with Crippen molar-refractivity contribution in [2.24, 2.45) is 0 Å². The van der Waals surface area contributed by atoms with Crippen molar-refractivity contribution in [1.82, 2.24) is 5.32 Å². The quantitative estimate of drug-likeness (QED) is 0.698. The van der Waals surface area contributed by atoms with E-state index in [4.69, 9.17) is 19.5 Å². The van der Waals surface area contributed by atoms with Crippen molar-refractivity contribution in [1.29, 1.82) is 5.26 Å². The highest BCUT2D eigenvalue weighted by Gasteiger charge is 2.25. The summed E-state index contributed by atoms with van der Waals surface area (Å²) in [7, 11) is 1.27. The number of nitriles is 1. The highest BCUT2D eigenvalue weighted by molar-refractivity contribution is 5.81. The molecule has 7 nitrogen and oxygen atoms in total. The van der Waals surface area contributed by atoms with Gasteiger partial charge in [0.15, 0.2) is 0 Å². The van der Waals surface area contributed by atoms with Gasteiger partial charge in [-0.2, -0.15) is 5.26 Å². The van der Waals surface area contributed by atoms with Crippen LogP contribution in [-0.4, -0.2) is 30.8 Å². The molecular formula is C23H26N2O5. The van der Waals surface area contributed by atoms with E-state index in [0.29, 0.717) is 17.9 Å². The number of alkyl carbamates (subject to hydrolysis) is 1. The molecule has 0 saturated carbocycles. The zero-order chi connectivity index (χ0) is 22.1. The molecule has 1 unspecified atom stereocenters. The van der Waals surface area contributed by atoms with Crippen LogP contribution in [0.5, 0.6) is 5.75 Å². The van der Waals surface area contributed by atoms with Gasteiger partial charge in [-0.05, 0) is 56.2 Å². The third-order valence-corrected chi connectivity index (χ3v) is 4.03. The van der Waals surface area contributed by atoms with Gasteiger partial charge in [-0.3, -0.25) is 0 Å². The van der Waals surface area contributed by atoms with Crippen molar-refractivity contribution in [3.63, 3.8) is 0 Å². The highest BCUT2D eigenvalue weighted by Crippen LogP contribution is 2.16. The van der Waals surface area contributed by atoms with Crippen molar-refractivity contribution in [2.75, 3.05) is 7.11 Å². The monoisotopic (exact) mass is 410 g/mol. The Labute approximate surface area is 176 Å². The molecule has 2 aromatic carbocycles. The summed E-state index contributed by atoms with van der Waals surface area (Å²) in [4.78, 5) is 24.1. The third kappa shape index (κ3) is 7.47. The van der Waals surface area contributed by atoms with Gasteiger partial charge in [0.1, 0.15) is 24.0 Å². The second-order valence-corrected chi connectivity index (χ2v) is 7.67. The van der Waals surface area contributed by atoms with E-state index in [9.17, 15) is 9.59 Å². The highest BCUT2D eigenvalue weighted by atomic mass is 16.6. The van der Waals surface area contributed by atoms with Gasteiger partial charge >= 0.3 is 12.1 Å². The summed E-state index contributed by atoms with van der Waals surface area (Å²) in [6.45, 7) is 5.61. The summed E-state index contributed by atoms with van der Waals surface area (Å²) in [5, 5.41) is 11.4. The molecule has 2 rings (SSSR count). The number of carbonyl (C=O) groups is 2. The molecule has 0 radical (unpaired) electrons. The van der Waals surface area contributed by atoms with Crippen LogP contribution < -0.4 is 10.1 Å². The number of nitrogens with one attached hydrogen (secondary N) is 1. The molecule has 0 bridgehead atoms. The Hall–Kier alpha value is -3.53. The van der Waals surface area contributed by atoms with Crippen molar-refractivity contribution in [3.05, 3.63) is 65.2 Å². The Bertz CT molecular complexity index is 893. The average Bonchev–Trinajstić information content (AvgIpc) is 2.71. The molecule has 0 fully saturated rings. The van der Waals surface area contributed by atoms with Crippen molar-refractivity contribution >= 4 is 12.1 Å². The van der Waals surface area contributed by atoms with Crippen LogP contribution >= 0.6 is 0 Å². The van der Waals surface area contributed by atoms with Crippen LogP contribution in [0.1, 0.15) is 37.5 Å². The summed E-state index contributed by atoms with van der Waals surface area (Å²) in [6, 6.07) is 15.6. The standard InChI is InChI=1S/C23H26N2O5/c1-23(2,3)30-22(27)25-20(21(26)28-4)13-16-9-11-19(12-10-16)29-15-18-7-5-17(14-24)6-8-18/h5-12,20H,13,15H2,1-4H3,(H,25,27). The van der Waals surface area contributed by atoms with E-state index in [1.54, 1.807) is 45.0 Å². The maximum atomic E-state index is 12.1. The molecule has 30 heavy (non-hydrogen) atoms. The van der Waals surface area contributed by atoms with E-state index < -0.39 is 23.7 Å². The first-order valence-electron chi connectivity index (χ1n) is 9.48. The molecule has 0 aliphatic heterocycles. The van der Waals surface area contributed by atoms with E-state index in [1.165, 1.54) is 7.11 Å². The molecule has 0 aliphatic rings. The summed E-state index contributed by atoms with van der Waals surface area (Å²) in [5.74, 6) is 0.111. The Morgan fingerprint density at radius 2 is 1.63 bits per heavy atom. The topological polar surface area (TPSA) is 97.6 Å². The molecule has 1 N–H and O–H groups in total. The van der Waals surface area contributed by atoms with Crippen LogP contribution in [0.15, 0.2) is 48.5 Å². The van der Waals surface area contributed by atoms with Gasteiger partial charge in [0.25, 0.3) is 0 Å². The average molecular weight is 410 g/mol. The third-order valence-electron chi connectivity index (χ3n) is 4.03. The maximum Gasteiger partial charge on any atom is 0.408 e. The first-order valence-corrected chi connectivity index (χ1v) is 9.48. The van der Waals surface area contributed by atoms with Crippen LogP contribution in [0, 0.1) is 11.3 Å². The lowest BCUT2D eigenvalue weighted by Gasteiger charge is -2.22. The fourth-order valence-electron chi connectivity index (χ4n) is 2.59. The molecule has 1 atom stereocenters. The smallest absolute Gasteiger partial charge is 0.408 e. The number of methoxy groups -OCH3 is 1. The van der Waals surface area contributed by atoms with Crippen molar-refractivity contribution < 1.29 is 23.8 Å². The molecule has 7 heteroatoms. The van der Waals surface area contributed by atoms with Gasteiger partial charge < -0.3 is 19.5 Å². The van der Waals surface area contributed by atoms with E-state index in [-0.39, 0.29) is 6.42 Å². The molecule has 0 saturated heterocycles. The summed E-state index contributed by atoms with van der Waals surface area (Å²) in [5.41, 5.74) is 1.71. The van der Waals surface area contributed by atoms with E-state index in [1.807, 2.05) is 24.3 Å². The van der Waals surface area contributed by atoms with Gasteiger partial charge in [-0.25, -0.2) is 9.59 Å². The number of hydrogen-bond donors (Lipinski definition) is 1. The Kier molecular flexibility index (Phi) is 7.82. The van der Waals surface area contributed by atoms with Gasteiger partial charge in [0, 0.05) is 6.42 Å². The van der Waals surface area contributed by atoms with Crippen molar-refractivity contribution in [3.8, 4) is 11.8 Å². The number of carbonyl (C=O) groups excluding carboxylic acids is 2. The summed E-state index contributed by atoms with van der Waals surface area (Å²) < 4.78 is 15.8.